The van der Waals surface area contributed by atoms with E-state index in [4.69, 9.17) is 9.47 Å². The van der Waals surface area contributed by atoms with Crippen LogP contribution in [0.4, 0.5) is 4.39 Å². The van der Waals surface area contributed by atoms with Gasteiger partial charge in [0.25, 0.3) is 5.91 Å². The van der Waals surface area contributed by atoms with E-state index >= 15 is 0 Å². The maximum absolute atomic E-state index is 13.4. The van der Waals surface area contributed by atoms with Gasteiger partial charge in [0, 0.05) is 30.8 Å². The Hall–Kier alpha value is -2.41. The highest BCUT2D eigenvalue weighted by atomic mass is 19.1. The van der Waals surface area contributed by atoms with Crippen molar-refractivity contribution in [2.24, 2.45) is 5.92 Å². The summed E-state index contributed by atoms with van der Waals surface area (Å²) in [5.74, 6) is -0.346. The number of hydrogen-bond acceptors (Lipinski definition) is 4. The van der Waals surface area contributed by atoms with Gasteiger partial charge >= 0.3 is 0 Å². The highest BCUT2D eigenvalue weighted by molar-refractivity contribution is 5.96. The third-order valence-electron chi connectivity index (χ3n) is 4.22. The molecule has 2 heterocycles. The van der Waals surface area contributed by atoms with E-state index in [0.717, 1.165) is 18.4 Å². The number of hydrogen-bond donors (Lipinski definition) is 2. The number of amides is 1. The third-order valence-corrected chi connectivity index (χ3v) is 4.22. The lowest BCUT2D eigenvalue weighted by Crippen LogP contribution is -2.35. The lowest BCUT2D eigenvalue weighted by molar-refractivity contribution is -0.0272. The number of benzene rings is 1. The molecule has 2 N–H and O–H groups in total. The molecule has 0 spiro atoms. The molecule has 24 heavy (non-hydrogen) atoms. The minimum Gasteiger partial charge on any atom is -0.496 e. The number of H-pyrrole nitrogens is 1. The minimum atomic E-state index is -0.474. The first-order chi connectivity index (χ1) is 11.7. The van der Waals surface area contributed by atoms with Gasteiger partial charge in [-0.1, -0.05) is 0 Å². The van der Waals surface area contributed by atoms with Gasteiger partial charge in [0.05, 0.1) is 25.0 Å². The normalized spacial score (nSPS) is 20.6. The van der Waals surface area contributed by atoms with E-state index in [9.17, 15) is 9.18 Å². The Labute approximate surface area is 139 Å². The van der Waals surface area contributed by atoms with Crippen LogP contribution in [0.15, 0.2) is 30.6 Å². The number of rotatable bonds is 5. The monoisotopic (exact) mass is 333 g/mol. The van der Waals surface area contributed by atoms with Crippen LogP contribution in [0, 0.1) is 11.7 Å². The van der Waals surface area contributed by atoms with E-state index in [1.807, 2.05) is 0 Å². The van der Waals surface area contributed by atoms with Gasteiger partial charge in [-0.3, -0.25) is 9.89 Å². The Bertz CT molecular complexity index is 690. The standard InChI is InChI=1S/C17H20FN3O3/c1-23-15-5-4-13(18)7-14(15)17(22)19-8-11-3-2-6-24-16(11)12-9-20-21-10-12/h4-5,7,9-11,16H,2-3,6,8H2,1H3,(H,19,22)(H,20,21)/t11-,16+/m0/s1. The fourth-order valence-electron chi connectivity index (χ4n) is 3.01. The van der Waals surface area contributed by atoms with Crippen LogP contribution in [0.1, 0.15) is 34.9 Å². The zero-order chi connectivity index (χ0) is 16.9. The van der Waals surface area contributed by atoms with Gasteiger partial charge in [-0.2, -0.15) is 5.10 Å². The Kier molecular flexibility index (Phi) is 5.10. The van der Waals surface area contributed by atoms with Gasteiger partial charge in [-0.15, -0.1) is 0 Å². The lowest BCUT2D eigenvalue weighted by atomic mass is 9.91. The van der Waals surface area contributed by atoms with Crippen LogP contribution in [0.2, 0.25) is 0 Å². The molecule has 1 aliphatic heterocycles. The number of carbonyl (C=O) groups excluding carboxylic acids is 1. The average Bonchev–Trinajstić information content (AvgIpc) is 3.14. The molecule has 0 radical (unpaired) electrons. The number of ether oxygens (including phenoxy) is 2. The van der Waals surface area contributed by atoms with Crippen molar-refractivity contribution < 1.29 is 18.7 Å². The molecular weight excluding hydrogens is 313 g/mol. The summed E-state index contributed by atoms with van der Waals surface area (Å²) in [6, 6.07) is 3.89. The van der Waals surface area contributed by atoms with E-state index in [1.165, 1.54) is 25.3 Å². The molecule has 6 nitrogen and oxygen atoms in total. The second-order valence-corrected chi connectivity index (χ2v) is 5.78. The molecule has 128 valence electrons. The van der Waals surface area contributed by atoms with E-state index in [1.54, 1.807) is 12.4 Å². The molecule has 3 rings (SSSR count). The second-order valence-electron chi connectivity index (χ2n) is 5.78. The predicted molar refractivity (Wildman–Crippen MR) is 85.3 cm³/mol. The van der Waals surface area contributed by atoms with Gasteiger partial charge in [0.2, 0.25) is 0 Å². The van der Waals surface area contributed by atoms with Crippen LogP contribution < -0.4 is 10.1 Å². The van der Waals surface area contributed by atoms with Crippen LogP contribution in [0.5, 0.6) is 5.75 Å². The predicted octanol–water partition coefficient (Wildman–Crippen LogP) is 2.46. The van der Waals surface area contributed by atoms with Crippen molar-refractivity contribution in [1.82, 2.24) is 15.5 Å². The molecule has 1 saturated heterocycles. The molecule has 0 unspecified atom stereocenters. The van der Waals surface area contributed by atoms with E-state index in [-0.39, 0.29) is 23.5 Å². The highest BCUT2D eigenvalue weighted by Gasteiger charge is 2.28. The molecule has 0 saturated carbocycles. The molecule has 1 amide bonds. The summed E-state index contributed by atoms with van der Waals surface area (Å²) in [5.41, 5.74) is 1.16. The molecular formula is C17H20FN3O3. The first kappa shape index (κ1) is 16.4. The Morgan fingerprint density at radius 3 is 3.17 bits per heavy atom. The fourth-order valence-corrected chi connectivity index (χ4v) is 3.01. The molecule has 1 aromatic carbocycles. The molecule has 2 atom stereocenters. The number of nitrogens with one attached hydrogen (secondary N) is 2. The number of aromatic nitrogens is 2. The molecule has 7 heteroatoms. The maximum atomic E-state index is 13.4. The summed E-state index contributed by atoms with van der Waals surface area (Å²) < 4.78 is 24.4. The Morgan fingerprint density at radius 1 is 1.54 bits per heavy atom. The van der Waals surface area contributed by atoms with Crippen molar-refractivity contribution in [1.29, 1.82) is 0 Å². The van der Waals surface area contributed by atoms with Gasteiger partial charge in [-0.05, 0) is 31.0 Å². The number of halogens is 1. The lowest BCUT2D eigenvalue weighted by Gasteiger charge is -2.31. The number of carbonyl (C=O) groups is 1. The molecule has 1 aromatic heterocycles. The van der Waals surface area contributed by atoms with Crippen molar-refractivity contribution in [3.05, 3.63) is 47.5 Å². The van der Waals surface area contributed by atoms with E-state index in [2.05, 4.69) is 15.5 Å². The van der Waals surface area contributed by atoms with Crippen LogP contribution >= 0.6 is 0 Å². The van der Waals surface area contributed by atoms with Gasteiger partial charge in [0.1, 0.15) is 11.6 Å². The highest BCUT2D eigenvalue weighted by Crippen LogP contribution is 2.32. The summed E-state index contributed by atoms with van der Waals surface area (Å²) >= 11 is 0. The van der Waals surface area contributed by atoms with Crippen LogP contribution in [-0.2, 0) is 4.74 Å². The molecule has 2 aromatic rings. The third kappa shape index (κ3) is 3.56. The summed E-state index contributed by atoms with van der Waals surface area (Å²) in [6.45, 7) is 1.13. The fraction of sp³-hybridized carbons (Fsp3) is 0.412. The van der Waals surface area contributed by atoms with Gasteiger partial charge < -0.3 is 14.8 Å². The molecule has 1 fully saturated rings. The van der Waals surface area contributed by atoms with Crippen LogP contribution in [0.3, 0.4) is 0 Å². The summed E-state index contributed by atoms with van der Waals surface area (Å²) in [5, 5.41) is 9.61. The molecule has 0 bridgehead atoms. The molecule has 1 aliphatic rings. The Morgan fingerprint density at radius 2 is 2.42 bits per heavy atom. The zero-order valence-electron chi connectivity index (χ0n) is 13.4. The number of nitrogens with zero attached hydrogens (tertiary/aromatic N) is 1. The van der Waals surface area contributed by atoms with E-state index in [0.29, 0.717) is 18.9 Å². The SMILES string of the molecule is COc1ccc(F)cc1C(=O)NC[C@@H]1CCCO[C@H]1c1cn[nH]c1. The Balaban J connectivity index is 1.68. The van der Waals surface area contributed by atoms with Gasteiger partial charge in [0.15, 0.2) is 0 Å². The zero-order valence-corrected chi connectivity index (χ0v) is 13.4. The summed E-state index contributed by atoms with van der Waals surface area (Å²) in [4.78, 5) is 12.4. The minimum absolute atomic E-state index is 0.104. The van der Waals surface area contributed by atoms with Crippen LogP contribution in [0.25, 0.3) is 0 Å². The maximum Gasteiger partial charge on any atom is 0.255 e. The smallest absolute Gasteiger partial charge is 0.255 e. The first-order valence-corrected chi connectivity index (χ1v) is 7.91. The van der Waals surface area contributed by atoms with E-state index < -0.39 is 5.82 Å². The molecule has 0 aliphatic carbocycles. The topological polar surface area (TPSA) is 76.2 Å². The summed E-state index contributed by atoms with van der Waals surface area (Å²) in [7, 11) is 1.45. The van der Waals surface area contributed by atoms with Crippen LogP contribution in [-0.4, -0.2) is 36.4 Å². The van der Waals surface area contributed by atoms with Crippen molar-refractivity contribution in [3.63, 3.8) is 0 Å². The summed E-state index contributed by atoms with van der Waals surface area (Å²) in [6.07, 6.45) is 5.32. The largest absolute Gasteiger partial charge is 0.496 e. The number of aromatic amines is 1. The number of methoxy groups -OCH3 is 1. The van der Waals surface area contributed by atoms with Gasteiger partial charge in [-0.25, -0.2) is 4.39 Å². The quantitative estimate of drug-likeness (QED) is 0.881. The van der Waals surface area contributed by atoms with Crippen molar-refractivity contribution >= 4 is 5.91 Å². The average molecular weight is 333 g/mol. The second kappa shape index (κ2) is 7.44. The first-order valence-electron chi connectivity index (χ1n) is 7.91. The van der Waals surface area contributed by atoms with Crippen molar-refractivity contribution in [2.45, 2.75) is 18.9 Å². The van der Waals surface area contributed by atoms with Crippen molar-refractivity contribution in [2.75, 3.05) is 20.3 Å². The van der Waals surface area contributed by atoms with Crippen molar-refractivity contribution in [3.8, 4) is 5.75 Å².